The molecule has 1 rings (SSSR count). The molecule has 0 spiro atoms. The molecule has 2 nitrogen and oxygen atoms in total. The highest BCUT2D eigenvalue weighted by atomic mass is 15.2. The molecule has 0 saturated heterocycles. The lowest BCUT2D eigenvalue weighted by Gasteiger charge is -2.38. The van der Waals surface area contributed by atoms with Gasteiger partial charge in [0, 0.05) is 18.6 Å². The van der Waals surface area contributed by atoms with E-state index >= 15 is 0 Å². The van der Waals surface area contributed by atoms with E-state index in [1.165, 1.54) is 11.1 Å². The lowest BCUT2D eigenvalue weighted by atomic mass is 9.89. The Morgan fingerprint density at radius 1 is 1.06 bits per heavy atom. The highest BCUT2D eigenvalue weighted by Gasteiger charge is 2.26. The molecule has 1 aromatic rings. The van der Waals surface area contributed by atoms with Crippen LogP contribution in [0, 0.1) is 6.92 Å². The minimum atomic E-state index is 0.0833. The minimum Gasteiger partial charge on any atom is -0.305 e. The molecule has 0 unspecified atom stereocenters. The molecule has 102 valence electrons. The van der Waals surface area contributed by atoms with Crippen LogP contribution >= 0.6 is 0 Å². The first kappa shape index (κ1) is 15.2. The Morgan fingerprint density at radius 3 is 2.22 bits per heavy atom. The van der Waals surface area contributed by atoms with Crippen molar-refractivity contribution in [2.45, 2.75) is 33.2 Å². The lowest BCUT2D eigenvalue weighted by Crippen LogP contribution is -2.42. The van der Waals surface area contributed by atoms with Crippen LogP contribution in [0.15, 0.2) is 24.3 Å². The van der Waals surface area contributed by atoms with Crippen molar-refractivity contribution >= 4 is 0 Å². The summed E-state index contributed by atoms with van der Waals surface area (Å²) in [6.07, 6.45) is 0. The zero-order valence-corrected chi connectivity index (χ0v) is 12.8. The Bertz CT molecular complexity index is 371. The van der Waals surface area contributed by atoms with Crippen LogP contribution in [-0.2, 0) is 5.54 Å². The van der Waals surface area contributed by atoms with E-state index in [9.17, 15) is 0 Å². The highest BCUT2D eigenvalue weighted by molar-refractivity contribution is 5.31. The van der Waals surface area contributed by atoms with Crippen molar-refractivity contribution in [2.24, 2.45) is 0 Å². The van der Waals surface area contributed by atoms with Gasteiger partial charge in [0.2, 0.25) is 0 Å². The number of hydrogen-bond acceptors (Lipinski definition) is 2. The van der Waals surface area contributed by atoms with Gasteiger partial charge in [-0.3, -0.25) is 4.90 Å². The second-order valence-electron chi connectivity index (χ2n) is 5.69. The van der Waals surface area contributed by atoms with E-state index in [0.717, 1.165) is 19.6 Å². The Labute approximate surface area is 113 Å². The van der Waals surface area contributed by atoms with Gasteiger partial charge in [0.15, 0.2) is 0 Å². The largest absolute Gasteiger partial charge is 0.305 e. The van der Waals surface area contributed by atoms with Gasteiger partial charge < -0.3 is 4.90 Å². The number of aryl methyl sites for hydroxylation is 1. The predicted octanol–water partition coefficient (Wildman–Crippen LogP) is 3.11. The van der Waals surface area contributed by atoms with Gasteiger partial charge in [-0.05, 0) is 52.5 Å². The quantitative estimate of drug-likeness (QED) is 0.763. The van der Waals surface area contributed by atoms with E-state index in [2.05, 4.69) is 75.9 Å². The van der Waals surface area contributed by atoms with E-state index in [0.29, 0.717) is 0 Å². The third-order valence-electron chi connectivity index (χ3n) is 4.12. The molecule has 1 aromatic carbocycles. The van der Waals surface area contributed by atoms with Crippen LogP contribution in [0.1, 0.15) is 31.9 Å². The van der Waals surface area contributed by atoms with Gasteiger partial charge in [0.05, 0.1) is 0 Å². The standard InChI is InChI=1S/C16H28N2/c1-7-17(5)12-13-18(6)16(3,4)15-11-9-8-10-14(15)2/h8-11H,7,12-13H2,1-6H3. The molecule has 18 heavy (non-hydrogen) atoms. The van der Waals surface area contributed by atoms with Crippen LogP contribution in [0.5, 0.6) is 0 Å². The average Bonchev–Trinajstić information content (AvgIpc) is 2.35. The maximum Gasteiger partial charge on any atom is 0.0404 e. The van der Waals surface area contributed by atoms with Crippen molar-refractivity contribution < 1.29 is 0 Å². The zero-order chi connectivity index (χ0) is 13.8. The van der Waals surface area contributed by atoms with Crippen LogP contribution in [0.3, 0.4) is 0 Å². The summed E-state index contributed by atoms with van der Waals surface area (Å²) in [7, 11) is 4.39. The Balaban J connectivity index is 2.76. The maximum absolute atomic E-state index is 2.45. The molecular weight excluding hydrogens is 220 g/mol. The Morgan fingerprint density at radius 2 is 1.67 bits per heavy atom. The third-order valence-corrected chi connectivity index (χ3v) is 4.12. The molecule has 0 aliphatic carbocycles. The SMILES string of the molecule is CCN(C)CCN(C)C(C)(C)c1ccccc1C. The fourth-order valence-corrected chi connectivity index (χ4v) is 2.22. The molecule has 2 heteroatoms. The molecule has 0 fully saturated rings. The van der Waals surface area contributed by atoms with Crippen molar-refractivity contribution in [3.05, 3.63) is 35.4 Å². The van der Waals surface area contributed by atoms with Crippen molar-refractivity contribution in [3.8, 4) is 0 Å². The van der Waals surface area contributed by atoms with E-state index in [4.69, 9.17) is 0 Å². The second-order valence-corrected chi connectivity index (χ2v) is 5.69. The van der Waals surface area contributed by atoms with Crippen LogP contribution < -0.4 is 0 Å². The molecule has 0 atom stereocenters. The summed E-state index contributed by atoms with van der Waals surface area (Å²) in [5, 5.41) is 0. The number of rotatable bonds is 6. The van der Waals surface area contributed by atoms with Gasteiger partial charge >= 0.3 is 0 Å². The van der Waals surface area contributed by atoms with Crippen molar-refractivity contribution in [1.29, 1.82) is 0 Å². The molecule has 0 saturated carbocycles. The Hall–Kier alpha value is -0.860. The fourth-order valence-electron chi connectivity index (χ4n) is 2.22. The maximum atomic E-state index is 2.45. The smallest absolute Gasteiger partial charge is 0.0404 e. The third kappa shape index (κ3) is 3.56. The monoisotopic (exact) mass is 248 g/mol. The number of nitrogens with zero attached hydrogens (tertiary/aromatic N) is 2. The van der Waals surface area contributed by atoms with E-state index < -0.39 is 0 Å². The average molecular weight is 248 g/mol. The minimum absolute atomic E-state index is 0.0833. The molecule has 0 bridgehead atoms. The zero-order valence-electron chi connectivity index (χ0n) is 12.8. The van der Waals surface area contributed by atoms with Crippen LogP contribution in [0.4, 0.5) is 0 Å². The molecule has 0 aliphatic rings. The molecular formula is C16H28N2. The van der Waals surface area contributed by atoms with E-state index in [-0.39, 0.29) is 5.54 Å². The first-order valence-corrected chi connectivity index (χ1v) is 6.85. The lowest BCUT2D eigenvalue weighted by molar-refractivity contribution is 0.139. The van der Waals surface area contributed by atoms with Gasteiger partial charge in [0.25, 0.3) is 0 Å². The van der Waals surface area contributed by atoms with Crippen molar-refractivity contribution in [1.82, 2.24) is 9.80 Å². The first-order valence-electron chi connectivity index (χ1n) is 6.85. The molecule has 0 amide bonds. The van der Waals surface area contributed by atoms with E-state index in [1.807, 2.05) is 0 Å². The summed E-state index contributed by atoms with van der Waals surface area (Å²) >= 11 is 0. The molecule has 0 aliphatic heterocycles. The van der Waals surface area contributed by atoms with Gasteiger partial charge in [-0.15, -0.1) is 0 Å². The first-order chi connectivity index (χ1) is 8.39. The summed E-state index contributed by atoms with van der Waals surface area (Å²) in [4.78, 5) is 4.80. The summed E-state index contributed by atoms with van der Waals surface area (Å²) in [5.74, 6) is 0. The Kier molecular flexibility index (Phi) is 5.36. The van der Waals surface area contributed by atoms with E-state index in [1.54, 1.807) is 0 Å². The molecule has 0 N–H and O–H groups in total. The highest BCUT2D eigenvalue weighted by Crippen LogP contribution is 2.28. The summed E-state index contributed by atoms with van der Waals surface area (Å²) in [5.41, 5.74) is 2.88. The number of benzene rings is 1. The topological polar surface area (TPSA) is 6.48 Å². The number of likely N-dealkylation sites (N-methyl/N-ethyl adjacent to an activating group) is 2. The van der Waals surface area contributed by atoms with Crippen molar-refractivity contribution in [3.63, 3.8) is 0 Å². The van der Waals surface area contributed by atoms with Gasteiger partial charge in [-0.2, -0.15) is 0 Å². The molecule has 0 radical (unpaired) electrons. The van der Waals surface area contributed by atoms with Crippen LogP contribution in [-0.4, -0.2) is 43.5 Å². The summed E-state index contributed by atoms with van der Waals surface area (Å²) in [6.45, 7) is 12.3. The van der Waals surface area contributed by atoms with Crippen LogP contribution in [0.2, 0.25) is 0 Å². The summed E-state index contributed by atoms with van der Waals surface area (Å²) in [6, 6.07) is 8.69. The second kappa shape index (κ2) is 6.35. The van der Waals surface area contributed by atoms with Gasteiger partial charge in [0.1, 0.15) is 0 Å². The summed E-state index contributed by atoms with van der Waals surface area (Å²) < 4.78 is 0. The molecule has 0 heterocycles. The molecule has 0 aromatic heterocycles. The van der Waals surface area contributed by atoms with Crippen LogP contribution in [0.25, 0.3) is 0 Å². The normalized spacial score (nSPS) is 12.4. The fraction of sp³-hybridized carbons (Fsp3) is 0.625. The number of hydrogen-bond donors (Lipinski definition) is 0. The van der Waals surface area contributed by atoms with Gasteiger partial charge in [-0.1, -0.05) is 31.2 Å². The van der Waals surface area contributed by atoms with Gasteiger partial charge in [-0.25, -0.2) is 0 Å². The van der Waals surface area contributed by atoms with Crippen molar-refractivity contribution in [2.75, 3.05) is 33.7 Å². The predicted molar refractivity (Wildman–Crippen MR) is 80.0 cm³/mol.